The highest BCUT2D eigenvalue weighted by molar-refractivity contribution is 9.11. The first-order valence-corrected chi connectivity index (χ1v) is 8.01. The number of nitrogens with zero attached hydrogens (tertiary/aromatic N) is 1. The normalized spacial score (nSPS) is 30.1. The molecular formula is C9H10BrNO3S2. The Hall–Kier alpha value is 0.0500. The molecule has 2 aliphatic heterocycles. The Morgan fingerprint density at radius 2 is 2.31 bits per heavy atom. The number of sulfonamides is 1. The van der Waals surface area contributed by atoms with E-state index in [2.05, 4.69) is 15.9 Å². The number of hydrogen-bond donors (Lipinski definition) is 0. The second-order valence-corrected chi connectivity index (χ2v) is 8.56. The molecule has 7 heteroatoms. The van der Waals surface area contributed by atoms with Gasteiger partial charge in [0.2, 0.25) is 0 Å². The average Bonchev–Trinajstić information content (AvgIpc) is 2.91. The molecule has 1 aromatic rings. The number of halogens is 1. The minimum Gasteiger partial charge on any atom is -0.375 e. The molecule has 0 amide bonds. The van der Waals surface area contributed by atoms with E-state index in [-0.39, 0.29) is 12.1 Å². The van der Waals surface area contributed by atoms with E-state index >= 15 is 0 Å². The zero-order chi connectivity index (χ0) is 11.3. The maximum absolute atomic E-state index is 12.3. The van der Waals surface area contributed by atoms with Crippen molar-refractivity contribution in [3.63, 3.8) is 0 Å². The van der Waals surface area contributed by atoms with Crippen LogP contribution in [0.4, 0.5) is 0 Å². The third-order valence-electron chi connectivity index (χ3n) is 2.96. The van der Waals surface area contributed by atoms with Crippen LogP contribution in [0.15, 0.2) is 20.1 Å². The molecule has 3 rings (SSSR count). The van der Waals surface area contributed by atoms with Crippen molar-refractivity contribution >= 4 is 37.3 Å². The SMILES string of the molecule is O=S(=O)(c1ccc(Br)s1)N1CC2CC1CO2. The maximum Gasteiger partial charge on any atom is 0.253 e. The summed E-state index contributed by atoms with van der Waals surface area (Å²) in [5, 5.41) is 0. The van der Waals surface area contributed by atoms with Crippen molar-refractivity contribution in [2.75, 3.05) is 13.2 Å². The molecule has 2 bridgehead atoms. The molecule has 88 valence electrons. The molecule has 1 aromatic heterocycles. The van der Waals surface area contributed by atoms with Crippen molar-refractivity contribution in [2.24, 2.45) is 0 Å². The molecule has 0 aromatic carbocycles. The smallest absolute Gasteiger partial charge is 0.253 e. The largest absolute Gasteiger partial charge is 0.375 e. The van der Waals surface area contributed by atoms with Gasteiger partial charge in [-0.1, -0.05) is 0 Å². The Balaban J connectivity index is 1.94. The molecule has 0 spiro atoms. The first-order chi connectivity index (χ1) is 7.57. The topological polar surface area (TPSA) is 46.6 Å². The lowest BCUT2D eigenvalue weighted by Gasteiger charge is -2.25. The van der Waals surface area contributed by atoms with Crippen molar-refractivity contribution in [2.45, 2.75) is 22.8 Å². The number of fused-ring (bicyclic) bond motifs is 2. The van der Waals surface area contributed by atoms with Gasteiger partial charge in [0.1, 0.15) is 4.21 Å². The van der Waals surface area contributed by atoms with Crippen molar-refractivity contribution in [1.29, 1.82) is 0 Å². The predicted molar refractivity (Wildman–Crippen MR) is 64.1 cm³/mol. The molecule has 2 aliphatic rings. The van der Waals surface area contributed by atoms with Gasteiger partial charge in [-0.25, -0.2) is 8.42 Å². The predicted octanol–water partition coefficient (Wildman–Crippen LogP) is 1.67. The number of morpholine rings is 1. The van der Waals surface area contributed by atoms with Crippen LogP contribution in [0.2, 0.25) is 0 Å². The van der Waals surface area contributed by atoms with E-state index in [1.807, 2.05) is 0 Å². The lowest BCUT2D eigenvalue weighted by Crippen LogP contribution is -2.41. The van der Waals surface area contributed by atoms with E-state index in [1.165, 1.54) is 11.3 Å². The molecule has 2 saturated heterocycles. The van der Waals surface area contributed by atoms with Crippen molar-refractivity contribution in [1.82, 2.24) is 4.31 Å². The fraction of sp³-hybridized carbons (Fsp3) is 0.556. The summed E-state index contributed by atoms with van der Waals surface area (Å²) in [7, 11) is -3.31. The van der Waals surface area contributed by atoms with Crippen LogP contribution in [-0.4, -0.2) is 38.0 Å². The molecule has 0 aliphatic carbocycles. The second-order valence-electron chi connectivity index (χ2n) is 3.98. The third-order valence-corrected chi connectivity index (χ3v) is 6.97. The van der Waals surface area contributed by atoms with Crippen molar-refractivity contribution in [3.05, 3.63) is 15.9 Å². The molecule has 2 fully saturated rings. The van der Waals surface area contributed by atoms with Gasteiger partial charge >= 0.3 is 0 Å². The van der Waals surface area contributed by atoms with Crippen LogP contribution in [0.25, 0.3) is 0 Å². The van der Waals surface area contributed by atoms with E-state index in [9.17, 15) is 8.42 Å². The van der Waals surface area contributed by atoms with E-state index in [4.69, 9.17) is 4.74 Å². The van der Waals surface area contributed by atoms with Gasteiger partial charge in [0, 0.05) is 6.54 Å². The van der Waals surface area contributed by atoms with Gasteiger partial charge in [-0.2, -0.15) is 4.31 Å². The summed E-state index contributed by atoms with van der Waals surface area (Å²) >= 11 is 4.54. The van der Waals surface area contributed by atoms with E-state index in [0.29, 0.717) is 17.4 Å². The molecule has 16 heavy (non-hydrogen) atoms. The van der Waals surface area contributed by atoms with Gasteiger partial charge < -0.3 is 4.74 Å². The highest BCUT2D eigenvalue weighted by atomic mass is 79.9. The average molecular weight is 324 g/mol. The van der Waals surface area contributed by atoms with Crippen LogP contribution in [-0.2, 0) is 14.8 Å². The minimum atomic E-state index is -3.31. The zero-order valence-electron chi connectivity index (χ0n) is 8.30. The van der Waals surface area contributed by atoms with Gasteiger partial charge in [0.25, 0.3) is 10.0 Å². The first-order valence-electron chi connectivity index (χ1n) is 4.96. The van der Waals surface area contributed by atoms with E-state index < -0.39 is 10.0 Å². The van der Waals surface area contributed by atoms with E-state index in [0.717, 1.165) is 10.2 Å². The summed E-state index contributed by atoms with van der Waals surface area (Å²) < 4.78 is 32.8. The highest BCUT2D eigenvalue weighted by Gasteiger charge is 2.45. The Bertz CT molecular complexity index is 513. The molecule has 2 atom stereocenters. The van der Waals surface area contributed by atoms with Gasteiger partial charge in [-0.05, 0) is 34.5 Å². The maximum atomic E-state index is 12.3. The summed E-state index contributed by atoms with van der Waals surface area (Å²) in [5.41, 5.74) is 0. The lowest BCUT2D eigenvalue weighted by atomic mass is 10.3. The first kappa shape index (κ1) is 11.2. The molecule has 0 N–H and O–H groups in total. The number of ether oxygens (including phenoxy) is 1. The molecule has 4 nitrogen and oxygen atoms in total. The standard InChI is InChI=1S/C9H10BrNO3S2/c10-8-1-2-9(15-8)16(12,13)11-4-7-3-6(11)5-14-7/h1-2,6-7H,3-5H2. The Morgan fingerprint density at radius 1 is 1.50 bits per heavy atom. The number of hydrogen-bond acceptors (Lipinski definition) is 4. The fourth-order valence-corrected chi connectivity index (χ4v) is 6.00. The van der Waals surface area contributed by atoms with Crippen LogP contribution in [0, 0.1) is 0 Å². The number of rotatable bonds is 2. The van der Waals surface area contributed by atoms with E-state index in [1.54, 1.807) is 16.4 Å². The van der Waals surface area contributed by atoms with Crippen LogP contribution < -0.4 is 0 Å². The van der Waals surface area contributed by atoms with Gasteiger partial charge in [0.15, 0.2) is 0 Å². The molecule has 3 heterocycles. The van der Waals surface area contributed by atoms with Crippen molar-refractivity contribution < 1.29 is 13.2 Å². The molecule has 0 radical (unpaired) electrons. The summed E-state index contributed by atoms with van der Waals surface area (Å²) in [4.78, 5) is 0. The second kappa shape index (κ2) is 3.78. The third kappa shape index (κ3) is 1.65. The Morgan fingerprint density at radius 3 is 2.81 bits per heavy atom. The Labute approximate surface area is 106 Å². The van der Waals surface area contributed by atoms with Crippen LogP contribution in [0.5, 0.6) is 0 Å². The highest BCUT2D eigenvalue weighted by Crippen LogP contribution is 2.35. The zero-order valence-corrected chi connectivity index (χ0v) is 11.5. The van der Waals surface area contributed by atoms with Crippen molar-refractivity contribution in [3.8, 4) is 0 Å². The minimum absolute atomic E-state index is 0.0378. The monoisotopic (exact) mass is 323 g/mol. The summed E-state index contributed by atoms with van der Waals surface area (Å²) in [6, 6.07) is 3.45. The number of thiophene rings is 1. The molecular weight excluding hydrogens is 314 g/mol. The molecule has 2 unspecified atom stereocenters. The van der Waals surface area contributed by atoms with Crippen LogP contribution in [0.3, 0.4) is 0 Å². The quantitative estimate of drug-likeness (QED) is 0.831. The van der Waals surface area contributed by atoms with Gasteiger partial charge in [0.05, 0.1) is 22.5 Å². The lowest BCUT2D eigenvalue weighted by molar-refractivity contribution is 0.0609. The summed E-state index contributed by atoms with van der Waals surface area (Å²) in [6.07, 6.45) is 0.939. The fourth-order valence-electron chi connectivity index (χ4n) is 2.21. The van der Waals surface area contributed by atoms with Crippen LogP contribution in [0.1, 0.15) is 6.42 Å². The summed E-state index contributed by atoms with van der Waals surface area (Å²) in [5.74, 6) is 0. The Kier molecular flexibility index (Phi) is 2.63. The molecule has 0 saturated carbocycles. The van der Waals surface area contributed by atoms with Gasteiger partial charge in [-0.15, -0.1) is 11.3 Å². The van der Waals surface area contributed by atoms with Crippen LogP contribution >= 0.6 is 27.3 Å². The summed E-state index contributed by atoms with van der Waals surface area (Å²) in [6.45, 7) is 1.04. The van der Waals surface area contributed by atoms with Gasteiger partial charge in [-0.3, -0.25) is 0 Å².